The number of likely N-dealkylation sites (N-methyl/N-ethyl adjacent to an activating group) is 1. The molecule has 0 spiro atoms. The molecule has 2 rings (SSSR count). The summed E-state index contributed by atoms with van der Waals surface area (Å²) >= 11 is 11.7. The summed E-state index contributed by atoms with van der Waals surface area (Å²) in [7, 11) is 1.46. The minimum atomic E-state index is -0.534. The molecule has 0 unspecified atom stereocenters. The minimum absolute atomic E-state index is 0.00269. The molecule has 0 heterocycles. The molecule has 0 saturated heterocycles. The zero-order valence-corrected chi connectivity index (χ0v) is 13.7. The van der Waals surface area contributed by atoms with Gasteiger partial charge in [0.05, 0.1) is 17.1 Å². The maximum absolute atomic E-state index is 13.0. The van der Waals surface area contributed by atoms with Gasteiger partial charge in [-0.2, -0.15) is 0 Å². The van der Waals surface area contributed by atoms with Crippen LogP contribution in [0.25, 0.3) is 0 Å². The molecule has 2 aromatic rings. The van der Waals surface area contributed by atoms with E-state index in [4.69, 9.17) is 23.2 Å². The average Bonchev–Trinajstić information content (AvgIpc) is 2.46. The van der Waals surface area contributed by atoms with Gasteiger partial charge in [-0.25, -0.2) is 4.39 Å². The lowest BCUT2D eigenvalue weighted by Crippen LogP contribution is -2.35. The molecule has 1 N–H and O–H groups in total. The van der Waals surface area contributed by atoms with Gasteiger partial charge in [-0.1, -0.05) is 29.3 Å². The maximum atomic E-state index is 13.0. The standard InChI is InChI=1S/C16H13Cl2FN2O2/c1-21(16(23)13-6-5-11(19)8-14(13)18)9-15(22)20-12-4-2-3-10(17)7-12/h2-8H,9H2,1H3,(H,20,22). The van der Waals surface area contributed by atoms with Crippen LogP contribution >= 0.6 is 23.2 Å². The lowest BCUT2D eigenvalue weighted by molar-refractivity contribution is -0.116. The smallest absolute Gasteiger partial charge is 0.255 e. The van der Waals surface area contributed by atoms with E-state index in [0.29, 0.717) is 10.7 Å². The van der Waals surface area contributed by atoms with E-state index in [1.165, 1.54) is 18.0 Å². The predicted octanol–water partition coefficient (Wildman–Crippen LogP) is 3.84. The van der Waals surface area contributed by atoms with Crippen molar-refractivity contribution in [2.75, 3.05) is 18.9 Å². The molecule has 0 fully saturated rings. The molecule has 23 heavy (non-hydrogen) atoms. The number of anilines is 1. The minimum Gasteiger partial charge on any atom is -0.332 e. The lowest BCUT2D eigenvalue weighted by Gasteiger charge is -2.17. The molecule has 0 radical (unpaired) electrons. The van der Waals surface area contributed by atoms with Crippen molar-refractivity contribution in [2.45, 2.75) is 0 Å². The van der Waals surface area contributed by atoms with Crippen molar-refractivity contribution in [1.82, 2.24) is 4.90 Å². The van der Waals surface area contributed by atoms with Crippen molar-refractivity contribution in [3.63, 3.8) is 0 Å². The van der Waals surface area contributed by atoms with E-state index < -0.39 is 11.7 Å². The predicted molar refractivity (Wildman–Crippen MR) is 88.5 cm³/mol. The first-order valence-corrected chi connectivity index (χ1v) is 7.38. The molecular weight excluding hydrogens is 342 g/mol. The number of carbonyl (C=O) groups excluding carboxylic acids is 2. The highest BCUT2D eigenvalue weighted by Gasteiger charge is 2.18. The van der Waals surface area contributed by atoms with Crippen LogP contribution in [0.3, 0.4) is 0 Å². The first kappa shape index (κ1) is 17.2. The molecule has 0 atom stereocenters. The van der Waals surface area contributed by atoms with E-state index >= 15 is 0 Å². The number of amides is 2. The third kappa shape index (κ3) is 4.68. The van der Waals surface area contributed by atoms with Crippen molar-refractivity contribution in [2.24, 2.45) is 0 Å². The third-order valence-electron chi connectivity index (χ3n) is 3.00. The molecule has 4 nitrogen and oxygen atoms in total. The SMILES string of the molecule is CN(CC(=O)Nc1cccc(Cl)c1)C(=O)c1ccc(F)cc1Cl. The van der Waals surface area contributed by atoms with Crippen molar-refractivity contribution >= 4 is 40.7 Å². The summed E-state index contributed by atoms with van der Waals surface area (Å²) in [6.45, 7) is -0.181. The van der Waals surface area contributed by atoms with E-state index in [9.17, 15) is 14.0 Å². The second-order valence-corrected chi connectivity index (χ2v) is 5.69. The largest absolute Gasteiger partial charge is 0.332 e. The van der Waals surface area contributed by atoms with Gasteiger partial charge >= 0.3 is 0 Å². The van der Waals surface area contributed by atoms with Crippen molar-refractivity contribution < 1.29 is 14.0 Å². The summed E-state index contributed by atoms with van der Waals surface area (Å²) in [4.78, 5) is 25.4. The highest BCUT2D eigenvalue weighted by atomic mass is 35.5. The number of carbonyl (C=O) groups is 2. The van der Waals surface area contributed by atoms with Crippen molar-refractivity contribution in [3.8, 4) is 0 Å². The monoisotopic (exact) mass is 354 g/mol. The zero-order chi connectivity index (χ0) is 17.0. The number of nitrogens with one attached hydrogen (secondary N) is 1. The van der Waals surface area contributed by atoms with Crippen LogP contribution in [-0.4, -0.2) is 30.3 Å². The van der Waals surface area contributed by atoms with Gasteiger partial charge in [0, 0.05) is 17.8 Å². The summed E-state index contributed by atoms with van der Waals surface area (Å²) in [6.07, 6.45) is 0. The highest BCUT2D eigenvalue weighted by molar-refractivity contribution is 6.33. The average molecular weight is 355 g/mol. The molecule has 0 bridgehead atoms. The van der Waals surface area contributed by atoms with E-state index in [0.717, 1.165) is 12.1 Å². The molecule has 0 aliphatic heterocycles. The Labute approximate surface area is 142 Å². The number of halogens is 3. The van der Waals surface area contributed by atoms with Crippen LogP contribution in [0.1, 0.15) is 10.4 Å². The molecule has 120 valence electrons. The summed E-state index contributed by atoms with van der Waals surface area (Å²) in [5.74, 6) is -1.40. The van der Waals surface area contributed by atoms with Gasteiger partial charge in [-0.3, -0.25) is 9.59 Å². The molecule has 0 aliphatic rings. The van der Waals surface area contributed by atoms with Crippen LogP contribution < -0.4 is 5.32 Å². The highest BCUT2D eigenvalue weighted by Crippen LogP contribution is 2.19. The van der Waals surface area contributed by atoms with Crippen LogP contribution in [0, 0.1) is 5.82 Å². The Bertz CT molecular complexity index is 753. The molecule has 7 heteroatoms. The van der Waals surface area contributed by atoms with Gasteiger partial charge in [-0.15, -0.1) is 0 Å². The van der Waals surface area contributed by atoms with E-state index in [1.54, 1.807) is 24.3 Å². The fourth-order valence-electron chi connectivity index (χ4n) is 1.92. The van der Waals surface area contributed by atoms with Crippen LogP contribution in [0.5, 0.6) is 0 Å². The summed E-state index contributed by atoms with van der Waals surface area (Å²) in [5.41, 5.74) is 0.661. The Kier molecular flexibility index (Phi) is 5.58. The number of benzene rings is 2. The molecule has 0 saturated carbocycles. The van der Waals surface area contributed by atoms with Gasteiger partial charge in [0.2, 0.25) is 5.91 Å². The van der Waals surface area contributed by atoms with Crippen LogP contribution in [0.15, 0.2) is 42.5 Å². The van der Waals surface area contributed by atoms with Crippen LogP contribution in [0.2, 0.25) is 10.0 Å². The maximum Gasteiger partial charge on any atom is 0.255 e. The van der Waals surface area contributed by atoms with Crippen LogP contribution in [0.4, 0.5) is 10.1 Å². The molecule has 0 aliphatic carbocycles. The Morgan fingerprint density at radius 3 is 2.57 bits per heavy atom. The second kappa shape index (κ2) is 7.44. The second-order valence-electron chi connectivity index (χ2n) is 4.84. The van der Waals surface area contributed by atoms with Crippen molar-refractivity contribution in [3.05, 3.63) is 63.9 Å². The fourth-order valence-corrected chi connectivity index (χ4v) is 2.36. The van der Waals surface area contributed by atoms with Crippen molar-refractivity contribution in [1.29, 1.82) is 0 Å². The van der Waals surface area contributed by atoms with Gasteiger partial charge in [-0.05, 0) is 36.4 Å². The summed E-state index contributed by atoms with van der Waals surface area (Å²) in [5, 5.41) is 3.12. The molecular formula is C16H13Cl2FN2O2. The first-order chi connectivity index (χ1) is 10.9. The third-order valence-corrected chi connectivity index (χ3v) is 3.55. The Balaban J connectivity index is 2.01. The molecule has 2 aromatic carbocycles. The summed E-state index contributed by atoms with van der Waals surface area (Å²) < 4.78 is 13.0. The number of rotatable bonds is 4. The Hall–Kier alpha value is -2.11. The van der Waals surface area contributed by atoms with Gasteiger partial charge < -0.3 is 10.2 Å². The molecule has 2 amide bonds. The van der Waals surface area contributed by atoms with E-state index in [1.807, 2.05) is 0 Å². The Morgan fingerprint density at radius 1 is 1.17 bits per heavy atom. The number of hydrogen-bond acceptors (Lipinski definition) is 2. The Morgan fingerprint density at radius 2 is 1.91 bits per heavy atom. The number of hydrogen-bond donors (Lipinski definition) is 1. The lowest BCUT2D eigenvalue weighted by atomic mass is 10.2. The first-order valence-electron chi connectivity index (χ1n) is 6.63. The van der Waals surface area contributed by atoms with Gasteiger partial charge in [0.15, 0.2) is 0 Å². The zero-order valence-electron chi connectivity index (χ0n) is 12.1. The quantitative estimate of drug-likeness (QED) is 0.906. The van der Waals surface area contributed by atoms with Crippen LogP contribution in [-0.2, 0) is 4.79 Å². The number of nitrogens with zero attached hydrogens (tertiary/aromatic N) is 1. The van der Waals surface area contributed by atoms with Gasteiger partial charge in [0.1, 0.15) is 5.82 Å². The summed E-state index contributed by atoms with van der Waals surface area (Å²) in [6, 6.07) is 10.1. The van der Waals surface area contributed by atoms with E-state index in [2.05, 4.69) is 5.32 Å². The van der Waals surface area contributed by atoms with E-state index in [-0.39, 0.29) is 23.0 Å². The normalized spacial score (nSPS) is 10.3. The topological polar surface area (TPSA) is 49.4 Å². The molecule has 0 aromatic heterocycles. The van der Waals surface area contributed by atoms with Gasteiger partial charge in [0.25, 0.3) is 5.91 Å². The fraction of sp³-hybridized carbons (Fsp3) is 0.125.